The number of carbonyl (C=O) groups is 2. The molecule has 0 aliphatic heterocycles. The Balaban J connectivity index is 1.58. The Hall–Kier alpha value is -3.99. The van der Waals surface area contributed by atoms with Gasteiger partial charge in [-0.25, -0.2) is 22.9 Å². The molecule has 1 aliphatic carbocycles. The molecule has 8 nitrogen and oxygen atoms in total. The fourth-order valence-corrected chi connectivity index (χ4v) is 5.20. The SMILES string of the molecule is COC(=O)N[C@@H]1[C@H](N)C[C@H](c2ccncc2CC(=O)c2ccc(F)c(-c3c(F)cc(OC)cc3F)n2)C[C@@H]1C. The van der Waals surface area contributed by atoms with E-state index in [0.717, 1.165) is 23.8 Å². The third-order valence-electron chi connectivity index (χ3n) is 7.11. The van der Waals surface area contributed by atoms with Gasteiger partial charge in [0, 0.05) is 43.0 Å². The molecule has 2 heterocycles. The zero-order valence-electron chi connectivity index (χ0n) is 21.7. The number of rotatable bonds is 7. The van der Waals surface area contributed by atoms with Gasteiger partial charge in [-0.2, -0.15) is 0 Å². The van der Waals surface area contributed by atoms with Gasteiger partial charge in [0.2, 0.25) is 0 Å². The first-order chi connectivity index (χ1) is 18.6. The van der Waals surface area contributed by atoms with E-state index in [2.05, 4.69) is 15.3 Å². The van der Waals surface area contributed by atoms with Gasteiger partial charge in [0.05, 0.1) is 19.8 Å². The van der Waals surface area contributed by atoms with Gasteiger partial charge < -0.3 is 20.5 Å². The molecular weight excluding hydrogens is 513 g/mol. The van der Waals surface area contributed by atoms with E-state index in [0.29, 0.717) is 18.4 Å². The zero-order valence-corrected chi connectivity index (χ0v) is 21.7. The quantitative estimate of drug-likeness (QED) is 0.421. The number of amides is 1. The fraction of sp³-hybridized carbons (Fsp3) is 0.357. The number of ketones is 1. The van der Waals surface area contributed by atoms with Gasteiger partial charge in [-0.05, 0) is 54.0 Å². The first-order valence-corrected chi connectivity index (χ1v) is 12.4. The number of hydrogen-bond donors (Lipinski definition) is 2. The molecule has 206 valence electrons. The maximum atomic E-state index is 14.6. The summed E-state index contributed by atoms with van der Waals surface area (Å²) < 4.78 is 53.4. The minimum Gasteiger partial charge on any atom is -0.497 e. The molecule has 0 spiro atoms. The maximum absolute atomic E-state index is 14.6. The molecule has 2 aromatic heterocycles. The lowest BCUT2D eigenvalue weighted by Gasteiger charge is -2.39. The number of alkyl carbamates (subject to hydrolysis) is 1. The summed E-state index contributed by atoms with van der Waals surface area (Å²) >= 11 is 0. The number of nitrogens with one attached hydrogen (secondary N) is 1. The number of pyridine rings is 2. The molecule has 3 aromatic rings. The van der Waals surface area contributed by atoms with Crippen molar-refractivity contribution in [3.05, 3.63) is 77.0 Å². The molecule has 3 N–H and O–H groups in total. The largest absolute Gasteiger partial charge is 0.497 e. The van der Waals surface area contributed by atoms with Crippen molar-refractivity contribution in [2.75, 3.05) is 14.2 Å². The van der Waals surface area contributed by atoms with Gasteiger partial charge >= 0.3 is 6.09 Å². The van der Waals surface area contributed by atoms with E-state index < -0.39 is 40.6 Å². The van der Waals surface area contributed by atoms with Crippen molar-refractivity contribution in [2.24, 2.45) is 11.7 Å². The van der Waals surface area contributed by atoms with E-state index in [1.165, 1.54) is 20.3 Å². The van der Waals surface area contributed by atoms with Crippen molar-refractivity contribution in [2.45, 2.75) is 44.2 Å². The summed E-state index contributed by atoms with van der Waals surface area (Å²) in [7, 11) is 2.54. The molecule has 0 saturated heterocycles. The number of ether oxygens (including phenoxy) is 2. The van der Waals surface area contributed by atoms with Crippen LogP contribution in [0, 0.1) is 23.4 Å². The van der Waals surface area contributed by atoms with Crippen LogP contribution in [0.4, 0.5) is 18.0 Å². The number of benzene rings is 1. The third kappa shape index (κ3) is 6.03. The number of hydrogen-bond acceptors (Lipinski definition) is 7. The Morgan fingerprint density at radius 2 is 1.79 bits per heavy atom. The lowest BCUT2D eigenvalue weighted by atomic mass is 9.72. The molecule has 39 heavy (non-hydrogen) atoms. The lowest BCUT2D eigenvalue weighted by Crippen LogP contribution is -2.54. The van der Waals surface area contributed by atoms with E-state index in [1.807, 2.05) is 13.0 Å². The molecule has 1 saturated carbocycles. The van der Waals surface area contributed by atoms with Crippen molar-refractivity contribution < 1.29 is 32.2 Å². The topological polar surface area (TPSA) is 116 Å². The monoisotopic (exact) mass is 542 g/mol. The molecule has 1 aliphatic rings. The summed E-state index contributed by atoms with van der Waals surface area (Å²) in [5.74, 6) is -3.63. The standard InChI is InChI=1S/C28H29F3N4O4/c1-14-8-15(9-22(32)26(14)35-28(37)39-3)18-6-7-33-13-16(18)10-24(36)23-5-4-19(29)27(34-23)25-20(30)11-17(38-2)12-21(25)31/h4-7,11-15,22,26H,8-10,32H2,1-3H3,(H,35,37)/t14-,15+,22+,26-/m0/s1. The highest BCUT2D eigenvalue weighted by Crippen LogP contribution is 2.37. The van der Waals surface area contributed by atoms with Crippen molar-refractivity contribution in [1.82, 2.24) is 15.3 Å². The number of methoxy groups -OCH3 is 2. The summed E-state index contributed by atoms with van der Waals surface area (Å²) in [5.41, 5.74) is 6.48. The second-order valence-electron chi connectivity index (χ2n) is 9.64. The number of halogens is 3. The zero-order chi connectivity index (χ0) is 28.3. The summed E-state index contributed by atoms with van der Waals surface area (Å²) in [6, 6.07) is 5.18. The average molecular weight is 543 g/mol. The van der Waals surface area contributed by atoms with E-state index in [-0.39, 0.29) is 41.8 Å². The van der Waals surface area contributed by atoms with Crippen molar-refractivity contribution in [1.29, 1.82) is 0 Å². The molecule has 0 unspecified atom stereocenters. The van der Waals surface area contributed by atoms with Crippen molar-refractivity contribution in [3.63, 3.8) is 0 Å². The first kappa shape index (κ1) is 28.0. The Bertz CT molecular complexity index is 1350. The molecule has 4 atom stereocenters. The Morgan fingerprint density at radius 3 is 2.44 bits per heavy atom. The van der Waals surface area contributed by atoms with Gasteiger partial charge in [0.25, 0.3) is 0 Å². The summed E-state index contributed by atoms with van der Waals surface area (Å²) in [6.45, 7) is 1.99. The minimum atomic E-state index is -1.07. The normalized spacial score (nSPS) is 20.8. The van der Waals surface area contributed by atoms with Gasteiger partial charge in [-0.1, -0.05) is 6.92 Å². The van der Waals surface area contributed by atoms with Crippen LogP contribution in [0.25, 0.3) is 11.3 Å². The van der Waals surface area contributed by atoms with Crippen molar-refractivity contribution >= 4 is 11.9 Å². The summed E-state index contributed by atoms with van der Waals surface area (Å²) in [4.78, 5) is 33.1. The van der Waals surface area contributed by atoms with E-state index in [4.69, 9.17) is 15.2 Å². The smallest absolute Gasteiger partial charge is 0.407 e. The van der Waals surface area contributed by atoms with Gasteiger partial charge in [-0.15, -0.1) is 0 Å². The highest BCUT2D eigenvalue weighted by Gasteiger charge is 2.36. The minimum absolute atomic E-state index is 0.00396. The summed E-state index contributed by atoms with van der Waals surface area (Å²) in [6.07, 6.45) is 3.80. The Kier molecular flexibility index (Phi) is 8.49. The van der Waals surface area contributed by atoms with E-state index in [9.17, 15) is 22.8 Å². The van der Waals surface area contributed by atoms with Crippen LogP contribution in [-0.2, 0) is 11.2 Å². The van der Waals surface area contributed by atoms with Crippen molar-refractivity contribution in [3.8, 4) is 17.0 Å². The molecule has 4 rings (SSSR count). The molecule has 1 amide bonds. The molecule has 1 fully saturated rings. The molecule has 0 bridgehead atoms. The predicted octanol–water partition coefficient (Wildman–Crippen LogP) is 4.56. The van der Waals surface area contributed by atoms with Gasteiger partial charge in [-0.3, -0.25) is 9.78 Å². The fourth-order valence-electron chi connectivity index (χ4n) is 5.20. The highest BCUT2D eigenvalue weighted by molar-refractivity contribution is 5.96. The van der Waals surface area contributed by atoms with Crippen LogP contribution in [0.1, 0.15) is 47.3 Å². The first-order valence-electron chi connectivity index (χ1n) is 12.4. The van der Waals surface area contributed by atoms with E-state index in [1.54, 1.807) is 12.4 Å². The second-order valence-corrected chi connectivity index (χ2v) is 9.64. The molecule has 1 aromatic carbocycles. The Labute approximate surface area is 223 Å². The van der Waals surface area contributed by atoms with Crippen LogP contribution in [-0.4, -0.2) is 48.1 Å². The molecular formula is C28H29F3N4O4. The Morgan fingerprint density at radius 1 is 1.08 bits per heavy atom. The van der Waals surface area contributed by atoms with Crippen LogP contribution in [0.3, 0.4) is 0 Å². The van der Waals surface area contributed by atoms with E-state index >= 15 is 0 Å². The molecule has 0 radical (unpaired) electrons. The van der Waals surface area contributed by atoms with Crippen LogP contribution < -0.4 is 15.8 Å². The maximum Gasteiger partial charge on any atom is 0.407 e. The summed E-state index contributed by atoms with van der Waals surface area (Å²) in [5, 5.41) is 2.79. The lowest BCUT2D eigenvalue weighted by molar-refractivity contribution is 0.0987. The predicted molar refractivity (Wildman–Crippen MR) is 137 cm³/mol. The highest BCUT2D eigenvalue weighted by atomic mass is 19.1. The number of nitrogens with two attached hydrogens (primary N) is 1. The number of carbonyl (C=O) groups excluding carboxylic acids is 2. The second kappa shape index (κ2) is 11.8. The van der Waals surface area contributed by atoms with Crippen LogP contribution in [0.15, 0.2) is 42.7 Å². The molecule has 11 heteroatoms. The average Bonchev–Trinajstić information content (AvgIpc) is 2.91. The van der Waals surface area contributed by atoms with Gasteiger partial charge in [0.1, 0.15) is 34.6 Å². The number of aromatic nitrogens is 2. The van der Waals surface area contributed by atoms with Crippen LogP contribution in [0.5, 0.6) is 5.75 Å². The number of Topliss-reactive ketones (excluding diaryl/α,β-unsaturated/α-hetero) is 1. The van der Waals surface area contributed by atoms with Crippen LogP contribution >= 0.6 is 0 Å². The van der Waals surface area contributed by atoms with Gasteiger partial charge in [0.15, 0.2) is 5.78 Å². The third-order valence-corrected chi connectivity index (χ3v) is 7.11. The number of nitrogens with zero attached hydrogens (tertiary/aromatic N) is 2. The van der Waals surface area contributed by atoms with Crippen LogP contribution in [0.2, 0.25) is 0 Å².